The third kappa shape index (κ3) is 2.60. The smallest absolute Gasteiger partial charge is 0.145 e. The van der Waals surface area contributed by atoms with Gasteiger partial charge in [0.05, 0.1) is 3.79 Å². The van der Waals surface area contributed by atoms with Crippen LogP contribution in [0.15, 0.2) is 21.5 Å². The van der Waals surface area contributed by atoms with E-state index in [1.54, 1.807) is 18.3 Å². The second-order valence-corrected chi connectivity index (χ2v) is 4.64. The van der Waals surface area contributed by atoms with Crippen molar-refractivity contribution in [1.82, 2.24) is 0 Å². The Kier molecular flexibility index (Phi) is 3.02. The fourth-order valence-corrected chi connectivity index (χ4v) is 2.10. The molecule has 3 heteroatoms. The van der Waals surface area contributed by atoms with Gasteiger partial charge < -0.3 is 0 Å². The minimum Gasteiger partial charge on any atom is -0.298 e. The number of rotatable bonds is 2. The van der Waals surface area contributed by atoms with Crippen molar-refractivity contribution in [2.24, 2.45) is 0 Å². The van der Waals surface area contributed by atoms with E-state index in [0.717, 1.165) is 20.5 Å². The van der Waals surface area contributed by atoms with Crippen LogP contribution in [0.5, 0.6) is 0 Å². The van der Waals surface area contributed by atoms with Gasteiger partial charge in [-0.25, -0.2) is 0 Å². The van der Waals surface area contributed by atoms with E-state index in [9.17, 15) is 4.79 Å². The Balaban J connectivity index is 2.86. The van der Waals surface area contributed by atoms with Crippen molar-refractivity contribution < 1.29 is 4.79 Å². The van der Waals surface area contributed by atoms with Crippen LogP contribution in [0.25, 0.3) is 6.08 Å². The summed E-state index contributed by atoms with van der Waals surface area (Å²) in [6, 6.07) is 3.94. The second kappa shape index (κ2) is 3.83. The molecule has 58 valence electrons. The molecule has 11 heavy (non-hydrogen) atoms. The lowest BCUT2D eigenvalue weighted by molar-refractivity contribution is -0.104. The summed E-state index contributed by atoms with van der Waals surface area (Å²) in [5, 5.41) is 0. The zero-order chi connectivity index (χ0) is 8.27. The van der Waals surface area contributed by atoms with Crippen molar-refractivity contribution in [2.45, 2.75) is 6.92 Å². The Hall–Kier alpha value is -0.410. The molecule has 0 saturated carbocycles. The number of aldehydes is 1. The van der Waals surface area contributed by atoms with Gasteiger partial charge in [0, 0.05) is 4.88 Å². The van der Waals surface area contributed by atoms with Crippen molar-refractivity contribution in [3.05, 3.63) is 26.4 Å². The van der Waals surface area contributed by atoms with Crippen molar-refractivity contribution in [1.29, 1.82) is 0 Å². The topological polar surface area (TPSA) is 17.1 Å². The standard InChI is InChI=1S/C8H7BrOS/c1-6(5-10)4-7-2-3-8(9)11-7/h2-5H,1H3. The normalized spacial score (nSPS) is 11.6. The van der Waals surface area contributed by atoms with Gasteiger partial charge in [-0.2, -0.15) is 0 Å². The van der Waals surface area contributed by atoms with Crippen molar-refractivity contribution in [2.75, 3.05) is 0 Å². The first-order valence-electron chi connectivity index (χ1n) is 3.11. The highest BCUT2D eigenvalue weighted by Gasteiger charge is 1.93. The molecule has 0 aliphatic rings. The van der Waals surface area contributed by atoms with E-state index < -0.39 is 0 Å². The second-order valence-electron chi connectivity index (χ2n) is 2.15. The molecule has 0 bridgehead atoms. The lowest BCUT2D eigenvalue weighted by Crippen LogP contribution is -1.72. The predicted molar refractivity (Wildman–Crippen MR) is 51.7 cm³/mol. The minimum absolute atomic E-state index is 0.749. The molecule has 0 unspecified atom stereocenters. The average Bonchev–Trinajstić information content (AvgIpc) is 2.35. The number of hydrogen-bond donors (Lipinski definition) is 0. The summed E-state index contributed by atoms with van der Waals surface area (Å²) >= 11 is 4.96. The highest BCUT2D eigenvalue weighted by atomic mass is 79.9. The Morgan fingerprint density at radius 1 is 1.64 bits per heavy atom. The molecule has 0 radical (unpaired) electrons. The first-order valence-corrected chi connectivity index (χ1v) is 4.72. The molecule has 1 nitrogen and oxygen atoms in total. The highest BCUT2D eigenvalue weighted by Crippen LogP contribution is 2.23. The van der Waals surface area contributed by atoms with E-state index in [-0.39, 0.29) is 0 Å². The van der Waals surface area contributed by atoms with E-state index in [1.807, 2.05) is 18.2 Å². The number of halogens is 1. The Labute approximate surface area is 77.9 Å². The lowest BCUT2D eigenvalue weighted by atomic mass is 10.3. The lowest BCUT2D eigenvalue weighted by Gasteiger charge is -1.84. The van der Waals surface area contributed by atoms with Crippen molar-refractivity contribution in [3.8, 4) is 0 Å². The number of hydrogen-bond acceptors (Lipinski definition) is 2. The van der Waals surface area contributed by atoms with Crippen LogP contribution in [-0.4, -0.2) is 6.29 Å². The molecule has 0 spiro atoms. The van der Waals surface area contributed by atoms with Gasteiger partial charge >= 0.3 is 0 Å². The third-order valence-electron chi connectivity index (χ3n) is 1.15. The summed E-state index contributed by atoms with van der Waals surface area (Å²) in [6.45, 7) is 1.79. The van der Waals surface area contributed by atoms with Gasteiger partial charge in [-0.1, -0.05) is 0 Å². The minimum atomic E-state index is 0.749. The van der Waals surface area contributed by atoms with Crippen LogP contribution in [0.4, 0.5) is 0 Å². The van der Waals surface area contributed by atoms with Gasteiger partial charge in [0.25, 0.3) is 0 Å². The molecule has 0 saturated heterocycles. The van der Waals surface area contributed by atoms with Crippen molar-refractivity contribution in [3.63, 3.8) is 0 Å². The summed E-state index contributed by atoms with van der Waals surface area (Å²) in [5.41, 5.74) is 0.749. The monoisotopic (exact) mass is 230 g/mol. The van der Waals surface area contributed by atoms with Crippen molar-refractivity contribution >= 4 is 39.6 Å². The molecule has 0 N–H and O–H groups in total. The van der Waals surface area contributed by atoms with E-state index >= 15 is 0 Å². The van der Waals surface area contributed by atoms with E-state index in [0.29, 0.717) is 0 Å². The molecule has 0 aromatic carbocycles. The average molecular weight is 231 g/mol. The molecule has 1 aromatic heterocycles. The van der Waals surface area contributed by atoms with Crippen LogP contribution < -0.4 is 0 Å². The maximum absolute atomic E-state index is 10.2. The van der Waals surface area contributed by atoms with Gasteiger partial charge in [0.1, 0.15) is 6.29 Å². The maximum Gasteiger partial charge on any atom is 0.145 e. The Bertz CT molecular complexity index is 288. The predicted octanol–water partition coefficient (Wildman–Crippen LogP) is 3.11. The largest absolute Gasteiger partial charge is 0.298 e. The van der Waals surface area contributed by atoms with Gasteiger partial charge in [-0.3, -0.25) is 4.79 Å². The van der Waals surface area contributed by atoms with Crippen LogP contribution in [0, 0.1) is 0 Å². The van der Waals surface area contributed by atoms with Crippen LogP contribution in [0.2, 0.25) is 0 Å². The van der Waals surface area contributed by atoms with Gasteiger partial charge in [-0.05, 0) is 46.6 Å². The quantitative estimate of drug-likeness (QED) is 0.564. The zero-order valence-electron chi connectivity index (χ0n) is 6.00. The molecule has 0 atom stereocenters. The summed E-state index contributed by atoms with van der Waals surface area (Å²) < 4.78 is 1.09. The number of allylic oxidation sites excluding steroid dienone is 1. The molecule has 0 aliphatic heterocycles. The van der Waals surface area contributed by atoms with E-state index in [1.165, 1.54) is 0 Å². The molecule has 0 aliphatic carbocycles. The summed E-state index contributed by atoms with van der Waals surface area (Å²) in [7, 11) is 0. The van der Waals surface area contributed by atoms with Crippen LogP contribution in [-0.2, 0) is 4.79 Å². The first kappa shape index (κ1) is 8.68. The fraction of sp³-hybridized carbons (Fsp3) is 0.125. The zero-order valence-corrected chi connectivity index (χ0v) is 8.41. The summed E-state index contributed by atoms with van der Waals surface area (Å²) in [6.07, 6.45) is 2.72. The summed E-state index contributed by atoms with van der Waals surface area (Å²) in [4.78, 5) is 11.3. The maximum atomic E-state index is 10.2. The number of carbonyl (C=O) groups is 1. The van der Waals surface area contributed by atoms with Gasteiger partial charge in [0.2, 0.25) is 0 Å². The van der Waals surface area contributed by atoms with Crippen LogP contribution in [0.1, 0.15) is 11.8 Å². The molecule has 1 aromatic rings. The SMILES string of the molecule is CC(C=O)=Cc1ccc(Br)s1. The van der Waals surface area contributed by atoms with E-state index in [4.69, 9.17) is 0 Å². The Morgan fingerprint density at radius 2 is 2.36 bits per heavy atom. The molecular weight excluding hydrogens is 224 g/mol. The molecule has 1 heterocycles. The van der Waals surface area contributed by atoms with Crippen LogP contribution in [0.3, 0.4) is 0 Å². The molecule has 1 rings (SSSR count). The number of thiophene rings is 1. The first-order chi connectivity index (χ1) is 5.22. The van der Waals surface area contributed by atoms with Gasteiger partial charge in [0.15, 0.2) is 0 Å². The van der Waals surface area contributed by atoms with Crippen LogP contribution >= 0.6 is 27.3 Å². The van der Waals surface area contributed by atoms with Gasteiger partial charge in [-0.15, -0.1) is 11.3 Å². The Morgan fingerprint density at radius 3 is 2.82 bits per heavy atom. The highest BCUT2D eigenvalue weighted by molar-refractivity contribution is 9.11. The summed E-state index contributed by atoms with van der Waals surface area (Å²) in [5.74, 6) is 0. The number of carbonyl (C=O) groups excluding carboxylic acids is 1. The fourth-order valence-electron chi connectivity index (χ4n) is 0.664. The van der Waals surface area contributed by atoms with E-state index in [2.05, 4.69) is 15.9 Å². The third-order valence-corrected chi connectivity index (χ3v) is 2.72. The molecule has 0 fully saturated rings. The molecule has 0 amide bonds. The molecular formula is C8H7BrOS.